The Bertz CT molecular complexity index is 678. The van der Waals surface area contributed by atoms with Gasteiger partial charge in [0.05, 0.1) is 6.20 Å². The van der Waals surface area contributed by atoms with E-state index in [0.717, 1.165) is 11.0 Å². The number of hydrogen-bond donors (Lipinski definition) is 2. The predicted octanol–water partition coefficient (Wildman–Crippen LogP) is 4.07. The quantitative estimate of drug-likeness (QED) is 0.730. The van der Waals surface area contributed by atoms with Crippen LogP contribution in [0.2, 0.25) is 0 Å². The van der Waals surface area contributed by atoms with Crippen LogP contribution in [-0.2, 0) is 0 Å². The molecular formula is C18H22N4O2S. The van der Waals surface area contributed by atoms with Crippen molar-refractivity contribution in [3.63, 3.8) is 0 Å². The van der Waals surface area contributed by atoms with Gasteiger partial charge >= 0.3 is 6.03 Å². The van der Waals surface area contributed by atoms with E-state index in [1.807, 2.05) is 23.9 Å². The molecule has 1 aliphatic rings. The van der Waals surface area contributed by atoms with Gasteiger partial charge in [0.1, 0.15) is 5.75 Å². The zero-order chi connectivity index (χ0) is 17.3. The molecule has 2 amide bonds. The predicted molar refractivity (Wildman–Crippen MR) is 100 cm³/mol. The van der Waals surface area contributed by atoms with E-state index >= 15 is 0 Å². The third-order valence-corrected chi connectivity index (χ3v) is 5.28. The Kier molecular flexibility index (Phi) is 6.50. The normalized spacial score (nSPS) is 14.2. The standard InChI is InChI=1S/C18H22N4O2S/c23-18(21-10-11-25-16-6-1-2-7-16)22-14-4-3-5-15(12-14)24-17-13-19-8-9-20-17/h3-5,8-9,12-13,16H,1-2,6-7,10-11H2,(H2,21,22,23). The van der Waals surface area contributed by atoms with Crippen LogP contribution in [0.25, 0.3) is 0 Å². The van der Waals surface area contributed by atoms with Crippen LogP contribution in [0.15, 0.2) is 42.9 Å². The Balaban J connectivity index is 1.42. The lowest BCUT2D eigenvalue weighted by Crippen LogP contribution is -2.30. The summed E-state index contributed by atoms with van der Waals surface area (Å²) in [6, 6.07) is 6.98. The average Bonchev–Trinajstić information content (AvgIpc) is 3.13. The fourth-order valence-electron chi connectivity index (χ4n) is 2.72. The monoisotopic (exact) mass is 358 g/mol. The Morgan fingerprint density at radius 1 is 1.28 bits per heavy atom. The highest BCUT2D eigenvalue weighted by Crippen LogP contribution is 2.28. The molecule has 1 aromatic carbocycles. The molecule has 2 aromatic rings. The topological polar surface area (TPSA) is 76.1 Å². The van der Waals surface area contributed by atoms with E-state index in [-0.39, 0.29) is 6.03 Å². The number of aromatic nitrogens is 2. The minimum atomic E-state index is -0.205. The first-order valence-corrected chi connectivity index (χ1v) is 9.55. The molecule has 1 aliphatic carbocycles. The number of benzene rings is 1. The van der Waals surface area contributed by atoms with E-state index in [0.29, 0.717) is 23.9 Å². The number of nitrogens with one attached hydrogen (secondary N) is 2. The van der Waals surface area contributed by atoms with Gasteiger partial charge < -0.3 is 15.4 Å². The summed E-state index contributed by atoms with van der Waals surface area (Å²) in [4.78, 5) is 20.0. The molecule has 1 saturated carbocycles. The van der Waals surface area contributed by atoms with Crippen molar-refractivity contribution in [1.29, 1.82) is 0 Å². The van der Waals surface area contributed by atoms with Crippen molar-refractivity contribution in [3.05, 3.63) is 42.9 Å². The van der Waals surface area contributed by atoms with Crippen LogP contribution in [-0.4, -0.2) is 33.5 Å². The molecule has 0 saturated heterocycles. The molecule has 0 atom stereocenters. The molecule has 1 heterocycles. The van der Waals surface area contributed by atoms with E-state index in [2.05, 4.69) is 20.6 Å². The number of amides is 2. The molecule has 0 unspecified atom stereocenters. The van der Waals surface area contributed by atoms with Crippen LogP contribution in [0.3, 0.4) is 0 Å². The summed E-state index contributed by atoms with van der Waals surface area (Å²) in [5, 5.41) is 6.49. The van der Waals surface area contributed by atoms with E-state index in [9.17, 15) is 4.79 Å². The van der Waals surface area contributed by atoms with Crippen LogP contribution < -0.4 is 15.4 Å². The highest BCUT2D eigenvalue weighted by atomic mass is 32.2. The van der Waals surface area contributed by atoms with Crippen molar-refractivity contribution in [2.75, 3.05) is 17.6 Å². The SMILES string of the molecule is O=C(NCCSC1CCCC1)Nc1cccc(Oc2cnccn2)c1. The van der Waals surface area contributed by atoms with Crippen LogP contribution in [0.5, 0.6) is 11.6 Å². The number of anilines is 1. The summed E-state index contributed by atoms with van der Waals surface area (Å²) in [6.45, 7) is 0.669. The number of nitrogens with zero attached hydrogens (tertiary/aromatic N) is 2. The lowest BCUT2D eigenvalue weighted by atomic mass is 10.3. The molecule has 2 N–H and O–H groups in total. The second kappa shape index (κ2) is 9.27. The fourth-order valence-corrected chi connectivity index (χ4v) is 3.94. The van der Waals surface area contributed by atoms with E-state index in [1.54, 1.807) is 24.5 Å². The average molecular weight is 358 g/mol. The van der Waals surface area contributed by atoms with Crippen LogP contribution >= 0.6 is 11.8 Å². The molecule has 0 aliphatic heterocycles. The van der Waals surface area contributed by atoms with Gasteiger partial charge in [0.25, 0.3) is 0 Å². The van der Waals surface area contributed by atoms with Crippen LogP contribution in [0, 0.1) is 0 Å². The second-order valence-electron chi connectivity index (χ2n) is 5.83. The molecule has 0 spiro atoms. The number of hydrogen-bond acceptors (Lipinski definition) is 5. The van der Waals surface area contributed by atoms with E-state index in [1.165, 1.54) is 31.9 Å². The number of rotatable bonds is 7. The van der Waals surface area contributed by atoms with Crippen molar-refractivity contribution in [1.82, 2.24) is 15.3 Å². The van der Waals surface area contributed by atoms with Gasteiger partial charge in [-0.05, 0) is 25.0 Å². The number of carbonyl (C=O) groups excluding carboxylic acids is 1. The molecule has 7 heteroatoms. The van der Waals surface area contributed by atoms with Crippen molar-refractivity contribution >= 4 is 23.5 Å². The fraction of sp³-hybridized carbons (Fsp3) is 0.389. The zero-order valence-corrected chi connectivity index (χ0v) is 14.8. The van der Waals surface area contributed by atoms with Crippen molar-refractivity contribution in [2.24, 2.45) is 0 Å². The minimum Gasteiger partial charge on any atom is -0.437 e. The number of carbonyl (C=O) groups is 1. The largest absolute Gasteiger partial charge is 0.437 e. The third kappa shape index (κ3) is 5.94. The summed E-state index contributed by atoms with van der Waals surface area (Å²) >= 11 is 1.96. The van der Waals surface area contributed by atoms with Gasteiger partial charge in [-0.25, -0.2) is 9.78 Å². The molecule has 1 aromatic heterocycles. The van der Waals surface area contributed by atoms with Gasteiger partial charge in [0.15, 0.2) is 0 Å². The van der Waals surface area contributed by atoms with Crippen molar-refractivity contribution in [2.45, 2.75) is 30.9 Å². The molecule has 132 valence electrons. The summed E-state index contributed by atoms with van der Waals surface area (Å²) in [5.74, 6) is 1.96. The highest BCUT2D eigenvalue weighted by Gasteiger charge is 2.14. The minimum absolute atomic E-state index is 0.205. The molecule has 6 nitrogen and oxygen atoms in total. The number of thioether (sulfide) groups is 1. The van der Waals surface area contributed by atoms with Gasteiger partial charge in [-0.1, -0.05) is 18.9 Å². The second-order valence-corrected chi connectivity index (χ2v) is 7.24. The van der Waals surface area contributed by atoms with Crippen LogP contribution in [0.1, 0.15) is 25.7 Å². The molecule has 25 heavy (non-hydrogen) atoms. The molecule has 1 fully saturated rings. The lowest BCUT2D eigenvalue weighted by Gasteiger charge is -2.11. The summed E-state index contributed by atoms with van der Waals surface area (Å²) in [7, 11) is 0. The maximum Gasteiger partial charge on any atom is 0.319 e. The maximum absolute atomic E-state index is 12.0. The van der Waals surface area contributed by atoms with Gasteiger partial charge in [-0.2, -0.15) is 11.8 Å². The van der Waals surface area contributed by atoms with E-state index in [4.69, 9.17) is 4.74 Å². The Morgan fingerprint density at radius 3 is 2.96 bits per heavy atom. The van der Waals surface area contributed by atoms with E-state index < -0.39 is 0 Å². The summed E-state index contributed by atoms with van der Waals surface area (Å²) < 4.78 is 5.61. The van der Waals surface area contributed by atoms with Gasteiger partial charge in [-0.3, -0.25) is 4.98 Å². The lowest BCUT2D eigenvalue weighted by molar-refractivity contribution is 0.252. The highest BCUT2D eigenvalue weighted by molar-refractivity contribution is 7.99. The third-order valence-electron chi connectivity index (χ3n) is 3.90. The smallest absolute Gasteiger partial charge is 0.319 e. The summed E-state index contributed by atoms with van der Waals surface area (Å²) in [5.41, 5.74) is 0.669. The van der Waals surface area contributed by atoms with Crippen molar-refractivity contribution in [3.8, 4) is 11.6 Å². The maximum atomic E-state index is 12.0. The van der Waals surface area contributed by atoms with Crippen molar-refractivity contribution < 1.29 is 9.53 Å². The zero-order valence-electron chi connectivity index (χ0n) is 14.0. The molecular weight excluding hydrogens is 336 g/mol. The Labute approximate surface area is 151 Å². The van der Waals surface area contributed by atoms with Gasteiger partial charge in [0, 0.05) is 41.7 Å². The van der Waals surface area contributed by atoms with Gasteiger partial charge in [0.2, 0.25) is 5.88 Å². The van der Waals surface area contributed by atoms with Crippen LogP contribution in [0.4, 0.5) is 10.5 Å². The Morgan fingerprint density at radius 2 is 2.16 bits per heavy atom. The van der Waals surface area contributed by atoms with Gasteiger partial charge in [-0.15, -0.1) is 0 Å². The first-order valence-electron chi connectivity index (χ1n) is 8.50. The number of ether oxygens (including phenoxy) is 1. The Hall–Kier alpha value is -2.28. The molecule has 3 rings (SSSR count). The molecule has 0 bridgehead atoms. The first kappa shape index (κ1) is 17.5. The first-order chi connectivity index (χ1) is 12.3. The number of urea groups is 1. The summed E-state index contributed by atoms with van der Waals surface area (Å²) in [6.07, 6.45) is 10.0. The molecule has 0 radical (unpaired) electrons.